The molecule has 1 aromatic rings. The first kappa shape index (κ1) is 20.6. The smallest absolute Gasteiger partial charge is 0.273 e. The first-order valence-electron chi connectivity index (χ1n) is 8.26. The fourth-order valence-corrected chi connectivity index (χ4v) is 2.41. The summed E-state index contributed by atoms with van der Waals surface area (Å²) in [6.45, 7) is 9.34. The molecule has 0 fully saturated rings. The number of thiazole rings is 1. The molecule has 0 aliphatic heterocycles. The Bertz CT molecular complexity index is 523. The van der Waals surface area contributed by atoms with Crippen molar-refractivity contribution in [1.82, 2.24) is 15.6 Å². The summed E-state index contributed by atoms with van der Waals surface area (Å²) in [6.07, 6.45) is 6.81. The highest BCUT2D eigenvalue weighted by Crippen LogP contribution is 2.20. The van der Waals surface area contributed by atoms with Crippen molar-refractivity contribution in [2.75, 3.05) is 19.7 Å². The Hall–Kier alpha value is -1.44. The number of aromatic nitrogens is 1. The average molecular weight is 356 g/mol. The van der Waals surface area contributed by atoms with Gasteiger partial charge in [0.2, 0.25) is 0 Å². The van der Waals surface area contributed by atoms with Crippen molar-refractivity contribution in [1.29, 1.82) is 0 Å². The number of aliphatic hydroxyl groups excluding tert-OH is 1. The van der Waals surface area contributed by atoms with Gasteiger partial charge in [-0.15, -0.1) is 0 Å². The minimum Gasteiger partial charge on any atom is -0.467 e. The number of nitrogens with zero attached hydrogens (tertiary/aromatic N) is 1. The van der Waals surface area contributed by atoms with E-state index in [4.69, 9.17) is 4.74 Å². The number of carbonyl (C=O) groups is 1. The molecule has 0 aromatic carbocycles. The highest BCUT2D eigenvalue weighted by Gasteiger charge is 2.14. The predicted octanol–water partition coefficient (Wildman–Crippen LogP) is 2.36. The van der Waals surface area contributed by atoms with Crippen LogP contribution >= 0.6 is 11.3 Å². The van der Waals surface area contributed by atoms with Crippen molar-refractivity contribution in [3.63, 3.8) is 0 Å². The molecule has 0 spiro atoms. The van der Waals surface area contributed by atoms with Gasteiger partial charge in [0.15, 0.2) is 0 Å². The Morgan fingerprint density at radius 2 is 2.21 bits per heavy atom. The molecule has 3 N–H and O–H groups in total. The number of β-amino-alcohol motifs (C(OH)–C–C–N with tert-alkyl or cyclic N) is 1. The third-order valence-electron chi connectivity index (χ3n) is 2.97. The predicted molar refractivity (Wildman–Crippen MR) is 97.8 cm³/mol. The van der Waals surface area contributed by atoms with Crippen molar-refractivity contribution >= 4 is 17.2 Å². The summed E-state index contributed by atoms with van der Waals surface area (Å²) in [7, 11) is 0. The second-order valence-corrected chi connectivity index (χ2v) is 7.50. The molecule has 0 saturated carbocycles. The van der Waals surface area contributed by atoms with Gasteiger partial charge in [-0.3, -0.25) is 4.79 Å². The number of nitrogens with one attached hydrogen (secondary N) is 2. The van der Waals surface area contributed by atoms with E-state index < -0.39 is 6.10 Å². The molecule has 1 rings (SSSR count). The van der Waals surface area contributed by atoms with E-state index in [0.29, 0.717) is 23.2 Å². The molecule has 1 heterocycles. The van der Waals surface area contributed by atoms with E-state index in [1.165, 1.54) is 17.5 Å². The summed E-state index contributed by atoms with van der Waals surface area (Å²) in [5.41, 5.74) is -0.0558. The summed E-state index contributed by atoms with van der Waals surface area (Å²) in [5.74, 6) is -0.151. The first-order chi connectivity index (χ1) is 11.3. The molecule has 0 aliphatic carbocycles. The van der Waals surface area contributed by atoms with Gasteiger partial charge in [0, 0.05) is 18.6 Å². The van der Waals surface area contributed by atoms with Crippen LogP contribution in [0.1, 0.15) is 50.2 Å². The second kappa shape index (κ2) is 10.4. The van der Waals surface area contributed by atoms with Gasteiger partial charge in [-0.1, -0.05) is 30.4 Å². The van der Waals surface area contributed by atoms with Gasteiger partial charge in [0.25, 0.3) is 11.1 Å². The van der Waals surface area contributed by atoms with Gasteiger partial charge in [-0.2, -0.15) is 0 Å². The Kier molecular flexibility index (Phi) is 8.95. The summed E-state index contributed by atoms with van der Waals surface area (Å²) in [5, 5.41) is 16.3. The lowest BCUT2D eigenvalue weighted by Gasteiger charge is -2.22. The van der Waals surface area contributed by atoms with Gasteiger partial charge in [-0.05, 0) is 33.6 Å². The number of allylic oxidation sites excluding steroid dienone is 1. The third-order valence-corrected chi connectivity index (χ3v) is 3.88. The Labute approximate surface area is 148 Å². The summed E-state index contributed by atoms with van der Waals surface area (Å²) in [6, 6.07) is 0. The zero-order chi connectivity index (χ0) is 18.0. The zero-order valence-electron chi connectivity index (χ0n) is 15.0. The monoisotopic (exact) mass is 355 g/mol. The maximum Gasteiger partial charge on any atom is 0.273 e. The number of aliphatic hydroxyl groups is 1. The molecule has 1 aromatic heterocycles. The molecule has 0 saturated heterocycles. The molecule has 0 radical (unpaired) electrons. The van der Waals surface area contributed by atoms with Crippen molar-refractivity contribution < 1.29 is 14.6 Å². The first-order valence-corrected chi connectivity index (χ1v) is 9.08. The molecule has 1 atom stereocenters. The van der Waals surface area contributed by atoms with Crippen LogP contribution in [-0.2, 0) is 0 Å². The van der Waals surface area contributed by atoms with Crippen LogP contribution in [0.25, 0.3) is 0 Å². The second-order valence-electron chi connectivity index (χ2n) is 6.51. The topological polar surface area (TPSA) is 83.5 Å². The minimum atomic E-state index is -0.629. The van der Waals surface area contributed by atoms with E-state index in [9.17, 15) is 9.90 Å². The van der Waals surface area contributed by atoms with Crippen LogP contribution in [0.15, 0.2) is 18.3 Å². The summed E-state index contributed by atoms with van der Waals surface area (Å²) >= 11 is 1.18. The molecular formula is C17H29N3O3S. The van der Waals surface area contributed by atoms with Crippen molar-refractivity contribution in [3.05, 3.63) is 23.2 Å². The highest BCUT2D eigenvalue weighted by atomic mass is 32.1. The Morgan fingerprint density at radius 3 is 2.88 bits per heavy atom. The number of ether oxygens (including phenoxy) is 1. The largest absolute Gasteiger partial charge is 0.467 e. The van der Waals surface area contributed by atoms with Crippen molar-refractivity contribution in [3.8, 4) is 5.19 Å². The Balaban J connectivity index is 2.32. The molecule has 1 unspecified atom stereocenters. The summed E-state index contributed by atoms with van der Waals surface area (Å²) in [4.78, 5) is 16.5. The van der Waals surface area contributed by atoms with E-state index in [2.05, 4.69) is 34.7 Å². The molecule has 0 bridgehead atoms. The highest BCUT2D eigenvalue weighted by molar-refractivity contribution is 7.15. The maximum absolute atomic E-state index is 12.0. The van der Waals surface area contributed by atoms with Crippen LogP contribution in [0.4, 0.5) is 0 Å². The van der Waals surface area contributed by atoms with E-state index in [-0.39, 0.29) is 18.1 Å². The van der Waals surface area contributed by atoms with Gasteiger partial charge in [0.1, 0.15) is 17.6 Å². The van der Waals surface area contributed by atoms with Crippen LogP contribution in [0.3, 0.4) is 0 Å². The number of hydrogen-bond acceptors (Lipinski definition) is 6. The van der Waals surface area contributed by atoms with Gasteiger partial charge in [0.05, 0.1) is 6.20 Å². The standard InChI is InChI=1S/C17H29N3O3S/c1-5-6-7-8-9-18-15(22)14-11-19-16(24-14)23-12-13(21)10-20-17(2,3)4/h6-7,11,13,20-21H,5,8-10,12H2,1-4H3,(H,18,22)/b7-6+. The Morgan fingerprint density at radius 1 is 1.46 bits per heavy atom. The lowest BCUT2D eigenvalue weighted by atomic mass is 10.1. The average Bonchev–Trinajstić information content (AvgIpc) is 2.99. The van der Waals surface area contributed by atoms with Crippen LogP contribution in [0, 0.1) is 0 Å². The van der Waals surface area contributed by atoms with Crippen LogP contribution in [0.5, 0.6) is 5.19 Å². The molecule has 24 heavy (non-hydrogen) atoms. The van der Waals surface area contributed by atoms with E-state index in [0.717, 1.165) is 12.8 Å². The number of carbonyl (C=O) groups excluding carboxylic acids is 1. The van der Waals surface area contributed by atoms with Crippen LogP contribution < -0.4 is 15.4 Å². The lowest BCUT2D eigenvalue weighted by molar-refractivity contribution is 0.0958. The normalized spacial score (nSPS) is 13.2. The molecule has 0 aliphatic rings. The number of rotatable bonds is 10. The minimum absolute atomic E-state index is 0.0558. The molecule has 1 amide bonds. The zero-order valence-corrected chi connectivity index (χ0v) is 15.8. The fraction of sp³-hybridized carbons (Fsp3) is 0.647. The molecule has 7 heteroatoms. The van der Waals surface area contributed by atoms with E-state index in [1.807, 2.05) is 20.8 Å². The molecule has 136 valence electrons. The molecule has 6 nitrogen and oxygen atoms in total. The van der Waals surface area contributed by atoms with E-state index in [1.54, 1.807) is 0 Å². The summed E-state index contributed by atoms with van der Waals surface area (Å²) < 4.78 is 5.45. The fourth-order valence-electron chi connectivity index (χ4n) is 1.72. The number of hydrogen-bond donors (Lipinski definition) is 3. The third kappa shape index (κ3) is 9.00. The van der Waals surface area contributed by atoms with Gasteiger partial charge >= 0.3 is 0 Å². The van der Waals surface area contributed by atoms with Gasteiger partial charge in [-0.25, -0.2) is 4.98 Å². The number of amides is 1. The SMILES string of the molecule is CC/C=C/CCNC(=O)c1cnc(OCC(O)CNC(C)(C)C)s1. The van der Waals surface area contributed by atoms with Crippen molar-refractivity contribution in [2.45, 2.75) is 52.2 Å². The van der Waals surface area contributed by atoms with Gasteiger partial charge < -0.3 is 20.5 Å². The van der Waals surface area contributed by atoms with Crippen LogP contribution in [-0.4, -0.2) is 47.3 Å². The maximum atomic E-state index is 12.0. The van der Waals surface area contributed by atoms with Crippen molar-refractivity contribution in [2.24, 2.45) is 0 Å². The lowest BCUT2D eigenvalue weighted by Crippen LogP contribution is -2.42. The quantitative estimate of drug-likeness (QED) is 0.443. The van der Waals surface area contributed by atoms with E-state index >= 15 is 0 Å². The molecular weight excluding hydrogens is 326 g/mol. The van der Waals surface area contributed by atoms with Crippen LogP contribution in [0.2, 0.25) is 0 Å².